The zero-order valence-electron chi connectivity index (χ0n) is 16.2. The standard InChI is InChI=1S/C21H22ClN3O2S/c1-12-8-9-15(22)10-16(12)23-21-25(4)20(27)17(28-21)11-18(26)24-19-13(2)6-5-7-14(19)3/h5-10,17H,11H2,1-4H3,(H,24,26)/t17-/m1/s1. The van der Waals surface area contributed by atoms with Gasteiger partial charge in [0.15, 0.2) is 5.17 Å². The van der Waals surface area contributed by atoms with Gasteiger partial charge in [0.25, 0.3) is 0 Å². The summed E-state index contributed by atoms with van der Waals surface area (Å²) >= 11 is 7.36. The molecule has 7 heteroatoms. The number of carbonyl (C=O) groups excluding carboxylic acids is 2. The third-order valence-corrected chi connectivity index (χ3v) is 6.11. The summed E-state index contributed by atoms with van der Waals surface area (Å²) in [7, 11) is 1.68. The second-order valence-electron chi connectivity index (χ2n) is 6.85. The van der Waals surface area contributed by atoms with Crippen LogP contribution in [0.4, 0.5) is 11.4 Å². The Hall–Kier alpha value is -2.31. The van der Waals surface area contributed by atoms with Crippen molar-refractivity contribution in [2.24, 2.45) is 4.99 Å². The Bertz CT molecular complexity index is 954. The highest BCUT2D eigenvalue weighted by molar-refractivity contribution is 8.15. The molecule has 1 aliphatic heterocycles. The maximum atomic E-state index is 12.6. The summed E-state index contributed by atoms with van der Waals surface area (Å²) in [6.45, 7) is 5.83. The van der Waals surface area contributed by atoms with Crippen molar-refractivity contribution in [1.29, 1.82) is 0 Å². The lowest BCUT2D eigenvalue weighted by Gasteiger charge is -2.12. The van der Waals surface area contributed by atoms with Crippen LogP contribution in [0.2, 0.25) is 5.02 Å². The van der Waals surface area contributed by atoms with Gasteiger partial charge >= 0.3 is 0 Å². The van der Waals surface area contributed by atoms with Gasteiger partial charge in [-0.15, -0.1) is 0 Å². The van der Waals surface area contributed by atoms with Gasteiger partial charge in [0.1, 0.15) is 5.25 Å². The Morgan fingerprint density at radius 3 is 2.54 bits per heavy atom. The van der Waals surface area contributed by atoms with Crippen molar-refractivity contribution in [2.75, 3.05) is 12.4 Å². The summed E-state index contributed by atoms with van der Waals surface area (Å²) in [5.41, 5.74) is 4.48. The summed E-state index contributed by atoms with van der Waals surface area (Å²) in [4.78, 5) is 31.2. The van der Waals surface area contributed by atoms with Crippen molar-refractivity contribution in [3.05, 3.63) is 58.1 Å². The molecule has 0 spiro atoms. The molecule has 1 atom stereocenters. The minimum Gasteiger partial charge on any atom is -0.326 e. The number of thioether (sulfide) groups is 1. The fraction of sp³-hybridized carbons (Fsp3) is 0.286. The van der Waals surface area contributed by atoms with Crippen LogP contribution in [0.5, 0.6) is 0 Å². The summed E-state index contributed by atoms with van der Waals surface area (Å²) in [5.74, 6) is -0.308. The first kappa shape index (κ1) is 20.4. The number of benzene rings is 2. The van der Waals surface area contributed by atoms with Crippen LogP contribution < -0.4 is 5.32 Å². The summed E-state index contributed by atoms with van der Waals surface area (Å²) in [6.07, 6.45) is 0.0924. The highest BCUT2D eigenvalue weighted by Crippen LogP contribution is 2.32. The predicted molar refractivity (Wildman–Crippen MR) is 117 cm³/mol. The molecular formula is C21H22ClN3O2S. The summed E-state index contributed by atoms with van der Waals surface area (Å²) in [5, 5.41) is 3.61. The average molecular weight is 416 g/mol. The Morgan fingerprint density at radius 1 is 1.18 bits per heavy atom. The zero-order chi connectivity index (χ0) is 20.4. The van der Waals surface area contributed by atoms with Crippen LogP contribution in [0.25, 0.3) is 0 Å². The van der Waals surface area contributed by atoms with E-state index < -0.39 is 5.25 Å². The van der Waals surface area contributed by atoms with E-state index in [0.717, 1.165) is 28.1 Å². The van der Waals surface area contributed by atoms with Gasteiger partial charge in [-0.3, -0.25) is 14.5 Å². The van der Waals surface area contributed by atoms with Crippen LogP contribution in [0.15, 0.2) is 41.4 Å². The highest BCUT2D eigenvalue weighted by atomic mass is 35.5. The van der Waals surface area contributed by atoms with Crippen molar-refractivity contribution in [3.8, 4) is 0 Å². The number of rotatable bonds is 4. The molecule has 0 unspecified atom stereocenters. The number of amides is 2. The molecular weight excluding hydrogens is 394 g/mol. The van der Waals surface area contributed by atoms with Crippen molar-refractivity contribution < 1.29 is 9.59 Å². The Balaban J connectivity index is 1.74. The molecule has 2 amide bonds. The van der Waals surface area contributed by atoms with Gasteiger partial charge in [-0.25, -0.2) is 4.99 Å². The molecule has 1 heterocycles. The van der Waals surface area contributed by atoms with Crippen LogP contribution in [-0.2, 0) is 9.59 Å². The SMILES string of the molecule is Cc1ccc(Cl)cc1N=C1S[C@H](CC(=O)Nc2c(C)cccc2C)C(=O)N1C. The van der Waals surface area contributed by atoms with Crippen LogP contribution in [0.3, 0.4) is 0 Å². The fourth-order valence-electron chi connectivity index (χ4n) is 2.97. The molecule has 0 radical (unpaired) electrons. The monoisotopic (exact) mass is 415 g/mol. The molecule has 2 aromatic carbocycles. The van der Waals surface area contributed by atoms with Crippen LogP contribution in [0.1, 0.15) is 23.1 Å². The third-order valence-electron chi connectivity index (χ3n) is 4.64. The maximum Gasteiger partial charge on any atom is 0.242 e. The zero-order valence-corrected chi connectivity index (χ0v) is 17.8. The molecule has 1 saturated heterocycles. The Kier molecular flexibility index (Phi) is 6.10. The lowest BCUT2D eigenvalue weighted by atomic mass is 10.1. The van der Waals surface area contributed by atoms with E-state index in [1.54, 1.807) is 19.2 Å². The van der Waals surface area contributed by atoms with E-state index in [4.69, 9.17) is 11.6 Å². The second-order valence-corrected chi connectivity index (χ2v) is 8.45. The van der Waals surface area contributed by atoms with Gasteiger partial charge in [-0.05, 0) is 49.6 Å². The number of aryl methyl sites for hydroxylation is 3. The van der Waals surface area contributed by atoms with Gasteiger partial charge in [-0.1, -0.05) is 47.6 Å². The van der Waals surface area contributed by atoms with Gasteiger partial charge in [0.2, 0.25) is 11.8 Å². The Labute approximate surface area is 174 Å². The predicted octanol–water partition coefficient (Wildman–Crippen LogP) is 4.86. The number of anilines is 1. The normalized spacial score (nSPS) is 18.0. The Morgan fingerprint density at radius 2 is 1.86 bits per heavy atom. The van der Waals surface area contributed by atoms with Gasteiger partial charge in [-0.2, -0.15) is 0 Å². The molecule has 28 heavy (non-hydrogen) atoms. The smallest absolute Gasteiger partial charge is 0.242 e. The van der Waals surface area contributed by atoms with E-state index in [-0.39, 0.29) is 18.2 Å². The van der Waals surface area contributed by atoms with Crippen molar-refractivity contribution in [1.82, 2.24) is 4.90 Å². The van der Waals surface area contributed by atoms with Crippen molar-refractivity contribution in [3.63, 3.8) is 0 Å². The topological polar surface area (TPSA) is 61.8 Å². The second kappa shape index (κ2) is 8.37. The lowest BCUT2D eigenvalue weighted by molar-refractivity contribution is -0.127. The molecule has 0 aromatic heterocycles. The molecule has 2 aromatic rings. The largest absolute Gasteiger partial charge is 0.326 e. The van der Waals surface area contributed by atoms with E-state index in [1.807, 2.05) is 45.0 Å². The molecule has 1 fully saturated rings. The highest BCUT2D eigenvalue weighted by Gasteiger charge is 2.37. The maximum absolute atomic E-state index is 12.6. The first-order valence-corrected chi connectivity index (χ1v) is 10.2. The van der Waals surface area contributed by atoms with E-state index in [9.17, 15) is 9.59 Å². The fourth-order valence-corrected chi connectivity index (χ4v) is 4.29. The number of aliphatic imine (C=N–C) groups is 1. The van der Waals surface area contributed by atoms with Crippen molar-refractivity contribution >= 4 is 51.7 Å². The van der Waals surface area contributed by atoms with Gasteiger partial charge in [0.05, 0.1) is 5.69 Å². The quantitative estimate of drug-likeness (QED) is 0.775. The van der Waals surface area contributed by atoms with Gasteiger partial charge < -0.3 is 5.32 Å². The van der Waals surface area contributed by atoms with E-state index in [0.29, 0.717) is 10.2 Å². The van der Waals surface area contributed by atoms with E-state index in [1.165, 1.54) is 16.7 Å². The molecule has 146 valence electrons. The molecule has 0 bridgehead atoms. The summed E-state index contributed by atoms with van der Waals surface area (Å²) in [6, 6.07) is 11.3. The molecule has 1 aliphatic rings. The third kappa shape index (κ3) is 4.39. The first-order valence-electron chi connectivity index (χ1n) is 8.91. The molecule has 1 N–H and O–H groups in total. The minimum absolute atomic E-state index is 0.0924. The van der Waals surface area contributed by atoms with Crippen LogP contribution in [-0.4, -0.2) is 34.2 Å². The number of hydrogen-bond donors (Lipinski definition) is 1. The number of nitrogens with zero attached hydrogens (tertiary/aromatic N) is 2. The molecule has 3 rings (SSSR count). The number of nitrogens with one attached hydrogen (secondary N) is 1. The van der Waals surface area contributed by atoms with E-state index in [2.05, 4.69) is 10.3 Å². The summed E-state index contributed by atoms with van der Waals surface area (Å²) < 4.78 is 0. The molecule has 0 saturated carbocycles. The van der Waals surface area contributed by atoms with E-state index >= 15 is 0 Å². The van der Waals surface area contributed by atoms with Crippen LogP contribution in [0, 0.1) is 20.8 Å². The number of halogens is 1. The minimum atomic E-state index is -0.493. The van der Waals surface area contributed by atoms with Gasteiger partial charge in [0, 0.05) is 24.2 Å². The van der Waals surface area contributed by atoms with Crippen LogP contribution >= 0.6 is 23.4 Å². The number of hydrogen-bond acceptors (Lipinski definition) is 4. The lowest BCUT2D eigenvalue weighted by Crippen LogP contribution is -2.30. The number of para-hydroxylation sites is 1. The molecule has 0 aliphatic carbocycles. The average Bonchev–Trinajstić information content (AvgIpc) is 2.89. The number of carbonyl (C=O) groups is 2. The van der Waals surface area contributed by atoms with Crippen molar-refractivity contribution in [2.45, 2.75) is 32.4 Å². The first-order chi connectivity index (χ1) is 13.3. The number of amidine groups is 1. The molecule has 5 nitrogen and oxygen atoms in total.